The summed E-state index contributed by atoms with van der Waals surface area (Å²) >= 11 is 0. The van der Waals surface area contributed by atoms with Gasteiger partial charge in [0, 0.05) is 0 Å². The van der Waals surface area contributed by atoms with E-state index in [4.69, 9.17) is 4.74 Å². The molecule has 0 radical (unpaired) electrons. The standard InChI is InChI=1S/C18H14F3N3O3/c19-18(20,21)11-27-15-8-4-2-6-13(15)23-16(25)10-24-14-7-3-1-5-12(14)22-9-17(24)26/h1-9H,10-11H2,(H,23,25). The van der Waals surface area contributed by atoms with E-state index in [1.807, 2.05) is 0 Å². The number of nitrogens with zero attached hydrogens (tertiary/aromatic N) is 2. The van der Waals surface area contributed by atoms with Crippen molar-refractivity contribution in [3.8, 4) is 5.75 Å². The molecule has 6 nitrogen and oxygen atoms in total. The second-order valence-corrected chi connectivity index (χ2v) is 5.62. The number of carbonyl (C=O) groups excluding carboxylic acids is 1. The minimum absolute atomic E-state index is 0.0816. The van der Waals surface area contributed by atoms with Crippen LogP contribution in [-0.4, -0.2) is 28.2 Å². The average molecular weight is 377 g/mol. The zero-order chi connectivity index (χ0) is 19.4. The molecule has 9 heteroatoms. The first kappa shape index (κ1) is 18.4. The Balaban J connectivity index is 1.80. The molecule has 140 valence electrons. The van der Waals surface area contributed by atoms with Crippen molar-refractivity contribution < 1.29 is 22.7 Å². The molecule has 1 N–H and O–H groups in total. The van der Waals surface area contributed by atoms with Crippen molar-refractivity contribution >= 4 is 22.6 Å². The topological polar surface area (TPSA) is 73.2 Å². The van der Waals surface area contributed by atoms with Gasteiger partial charge in [0.05, 0.1) is 22.9 Å². The van der Waals surface area contributed by atoms with Gasteiger partial charge >= 0.3 is 6.18 Å². The van der Waals surface area contributed by atoms with Gasteiger partial charge in [0.2, 0.25) is 5.91 Å². The third-order valence-electron chi connectivity index (χ3n) is 3.61. The van der Waals surface area contributed by atoms with Gasteiger partial charge in [-0.3, -0.25) is 14.2 Å². The van der Waals surface area contributed by atoms with Crippen molar-refractivity contribution in [3.05, 3.63) is 65.1 Å². The van der Waals surface area contributed by atoms with Crippen LogP contribution >= 0.6 is 0 Å². The van der Waals surface area contributed by atoms with Crippen molar-refractivity contribution in [1.82, 2.24) is 9.55 Å². The quantitative estimate of drug-likeness (QED) is 0.742. The highest BCUT2D eigenvalue weighted by Gasteiger charge is 2.28. The van der Waals surface area contributed by atoms with Crippen LogP contribution in [0.15, 0.2) is 59.5 Å². The molecule has 0 bridgehead atoms. The number of halogens is 3. The predicted molar refractivity (Wildman–Crippen MR) is 92.6 cm³/mol. The van der Waals surface area contributed by atoms with Crippen LogP contribution in [0.3, 0.4) is 0 Å². The van der Waals surface area contributed by atoms with E-state index in [9.17, 15) is 22.8 Å². The number of hydrogen-bond acceptors (Lipinski definition) is 4. The Labute approximate surface area is 151 Å². The molecule has 0 spiro atoms. The lowest BCUT2D eigenvalue weighted by Crippen LogP contribution is -2.28. The van der Waals surface area contributed by atoms with Gasteiger partial charge in [-0.1, -0.05) is 24.3 Å². The normalized spacial score (nSPS) is 11.4. The summed E-state index contributed by atoms with van der Waals surface area (Å²) in [6, 6.07) is 12.6. The number of alkyl halides is 3. The summed E-state index contributed by atoms with van der Waals surface area (Å²) in [5.41, 5.74) is 0.629. The molecule has 0 aliphatic heterocycles. The fourth-order valence-electron chi connectivity index (χ4n) is 2.47. The van der Waals surface area contributed by atoms with Crippen molar-refractivity contribution in [1.29, 1.82) is 0 Å². The molecule has 1 aromatic heterocycles. The first-order valence-electron chi connectivity index (χ1n) is 7.86. The number of para-hydroxylation sites is 4. The van der Waals surface area contributed by atoms with Gasteiger partial charge in [0.25, 0.3) is 5.56 Å². The Bertz CT molecular complexity index is 1030. The molecule has 0 saturated heterocycles. The molecule has 0 aliphatic carbocycles. The van der Waals surface area contributed by atoms with Crippen LogP contribution in [0, 0.1) is 0 Å². The van der Waals surface area contributed by atoms with Crippen molar-refractivity contribution in [3.63, 3.8) is 0 Å². The van der Waals surface area contributed by atoms with E-state index in [1.165, 1.54) is 22.8 Å². The van der Waals surface area contributed by atoms with Crippen molar-refractivity contribution in [2.45, 2.75) is 12.7 Å². The molecule has 1 amide bonds. The largest absolute Gasteiger partial charge is 0.482 e. The van der Waals surface area contributed by atoms with Crippen LogP contribution in [0.1, 0.15) is 0 Å². The maximum atomic E-state index is 12.4. The van der Waals surface area contributed by atoms with Gasteiger partial charge in [-0.25, -0.2) is 4.98 Å². The molecule has 27 heavy (non-hydrogen) atoms. The summed E-state index contributed by atoms with van der Waals surface area (Å²) in [7, 11) is 0. The number of anilines is 1. The highest BCUT2D eigenvalue weighted by Crippen LogP contribution is 2.26. The van der Waals surface area contributed by atoms with E-state index in [1.54, 1.807) is 30.3 Å². The van der Waals surface area contributed by atoms with E-state index < -0.39 is 24.2 Å². The summed E-state index contributed by atoms with van der Waals surface area (Å²) < 4.78 is 43.0. The number of ether oxygens (including phenoxy) is 1. The number of aromatic nitrogens is 2. The van der Waals surface area contributed by atoms with Gasteiger partial charge in [0.1, 0.15) is 12.3 Å². The molecule has 0 atom stereocenters. The molecule has 3 aromatic rings. The van der Waals surface area contributed by atoms with Crippen LogP contribution in [0.25, 0.3) is 11.0 Å². The van der Waals surface area contributed by atoms with Crippen LogP contribution < -0.4 is 15.6 Å². The molecular formula is C18H14F3N3O3. The molecule has 0 fully saturated rings. The highest BCUT2D eigenvalue weighted by atomic mass is 19.4. The maximum absolute atomic E-state index is 12.4. The molecular weight excluding hydrogens is 363 g/mol. The zero-order valence-corrected chi connectivity index (χ0v) is 13.9. The van der Waals surface area contributed by atoms with Crippen LogP contribution in [0.2, 0.25) is 0 Å². The number of carbonyl (C=O) groups is 1. The molecule has 2 aromatic carbocycles. The number of amides is 1. The predicted octanol–water partition coefficient (Wildman–Crippen LogP) is 2.98. The second kappa shape index (κ2) is 7.48. The van der Waals surface area contributed by atoms with Gasteiger partial charge in [0.15, 0.2) is 6.61 Å². The molecule has 0 aliphatic rings. The van der Waals surface area contributed by atoms with Crippen molar-refractivity contribution in [2.24, 2.45) is 0 Å². The number of fused-ring (bicyclic) bond motifs is 1. The Morgan fingerprint density at radius 3 is 2.59 bits per heavy atom. The first-order chi connectivity index (χ1) is 12.8. The Morgan fingerprint density at radius 1 is 1.11 bits per heavy atom. The second-order valence-electron chi connectivity index (χ2n) is 5.62. The monoisotopic (exact) mass is 377 g/mol. The third kappa shape index (κ3) is 4.63. The first-order valence-corrected chi connectivity index (χ1v) is 7.86. The van der Waals surface area contributed by atoms with Crippen LogP contribution in [0.5, 0.6) is 5.75 Å². The third-order valence-corrected chi connectivity index (χ3v) is 3.61. The Morgan fingerprint density at radius 2 is 1.81 bits per heavy atom. The highest BCUT2D eigenvalue weighted by molar-refractivity contribution is 5.92. The lowest BCUT2D eigenvalue weighted by atomic mass is 10.2. The fraction of sp³-hybridized carbons (Fsp3) is 0.167. The lowest BCUT2D eigenvalue weighted by molar-refractivity contribution is -0.153. The summed E-state index contributed by atoms with van der Waals surface area (Å²) in [6.07, 6.45) is -3.39. The number of benzene rings is 2. The van der Waals surface area contributed by atoms with Crippen LogP contribution in [-0.2, 0) is 11.3 Å². The van der Waals surface area contributed by atoms with Crippen molar-refractivity contribution in [2.75, 3.05) is 11.9 Å². The van der Waals surface area contributed by atoms with Gasteiger partial charge < -0.3 is 10.1 Å². The van der Waals surface area contributed by atoms with Crippen LogP contribution in [0.4, 0.5) is 18.9 Å². The molecule has 1 heterocycles. The van der Waals surface area contributed by atoms with E-state index in [-0.39, 0.29) is 18.0 Å². The van der Waals surface area contributed by atoms with E-state index in [0.717, 1.165) is 6.20 Å². The summed E-state index contributed by atoms with van der Waals surface area (Å²) in [5, 5.41) is 2.48. The smallest absolute Gasteiger partial charge is 0.422 e. The lowest BCUT2D eigenvalue weighted by Gasteiger charge is -2.14. The summed E-state index contributed by atoms with van der Waals surface area (Å²) in [5.74, 6) is -0.702. The number of rotatable bonds is 5. The number of hydrogen-bond donors (Lipinski definition) is 1. The number of nitrogens with one attached hydrogen (secondary N) is 1. The fourth-order valence-corrected chi connectivity index (χ4v) is 2.47. The van der Waals surface area contributed by atoms with E-state index in [2.05, 4.69) is 10.3 Å². The zero-order valence-electron chi connectivity index (χ0n) is 13.9. The Hall–Kier alpha value is -3.36. The van der Waals surface area contributed by atoms with E-state index >= 15 is 0 Å². The average Bonchev–Trinajstić information content (AvgIpc) is 2.63. The minimum atomic E-state index is -4.50. The van der Waals surface area contributed by atoms with Gasteiger partial charge in [-0.15, -0.1) is 0 Å². The summed E-state index contributed by atoms with van der Waals surface area (Å²) in [6.45, 7) is -1.80. The minimum Gasteiger partial charge on any atom is -0.482 e. The van der Waals surface area contributed by atoms with E-state index in [0.29, 0.717) is 11.0 Å². The summed E-state index contributed by atoms with van der Waals surface area (Å²) in [4.78, 5) is 28.4. The Kier molecular flexibility index (Phi) is 5.11. The maximum Gasteiger partial charge on any atom is 0.422 e. The SMILES string of the molecule is O=C(Cn1c(=O)cnc2ccccc21)Nc1ccccc1OCC(F)(F)F. The van der Waals surface area contributed by atoms with Gasteiger partial charge in [-0.2, -0.15) is 13.2 Å². The molecule has 0 saturated carbocycles. The molecule has 3 rings (SSSR count). The van der Waals surface area contributed by atoms with Gasteiger partial charge in [-0.05, 0) is 24.3 Å². The molecule has 0 unspecified atom stereocenters.